The lowest BCUT2D eigenvalue weighted by Gasteiger charge is -2.32. The third-order valence-electron chi connectivity index (χ3n) is 14.3. The maximum absolute atomic E-state index is 13.0. The fourth-order valence-electron chi connectivity index (χ4n) is 9.82. The van der Waals surface area contributed by atoms with Crippen molar-refractivity contribution in [2.75, 3.05) is 59.1 Å². The van der Waals surface area contributed by atoms with Crippen LogP contribution in [0.3, 0.4) is 0 Å². The number of nitrogens with zero attached hydrogens (tertiary/aromatic N) is 2. The molecule has 0 radical (unpaired) electrons. The van der Waals surface area contributed by atoms with Crippen LogP contribution in [0.5, 0.6) is 0 Å². The van der Waals surface area contributed by atoms with Crippen molar-refractivity contribution in [1.29, 1.82) is 0 Å². The molecule has 1 rings (SSSR count). The van der Waals surface area contributed by atoms with Gasteiger partial charge in [0, 0.05) is 57.5 Å². The van der Waals surface area contributed by atoms with E-state index < -0.39 is 0 Å². The summed E-state index contributed by atoms with van der Waals surface area (Å²) in [4.78, 5) is 43.7. The molecule has 9 nitrogen and oxygen atoms in total. The molecule has 1 atom stereocenters. The van der Waals surface area contributed by atoms with Crippen LogP contribution in [-0.4, -0.2) is 97.9 Å². The minimum absolute atomic E-state index is 0.0330. The van der Waals surface area contributed by atoms with E-state index in [2.05, 4.69) is 42.8 Å². The predicted octanol–water partition coefficient (Wildman–Crippen LogP) is 14.3. The van der Waals surface area contributed by atoms with Gasteiger partial charge in [-0.25, -0.2) is 0 Å². The number of hydrogen-bond acceptors (Lipinski definition) is 8. The van der Waals surface area contributed by atoms with Crippen LogP contribution in [0.4, 0.5) is 0 Å². The highest BCUT2D eigenvalue weighted by atomic mass is 16.5. The van der Waals surface area contributed by atoms with Crippen molar-refractivity contribution in [2.24, 2.45) is 11.8 Å². The highest BCUT2D eigenvalue weighted by molar-refractivity contribution is 5.75. The third kappa shape index (κ3) is 38.2. The second kappa shape index (κ2) is 47.0. The molecular formula is C57H111N3O6. The summed E-state index contributed by atoms with van der Waals surface area (Å²) in [5.74, 6) is 0.644. The average Bonchev–Trinajstić information content (AvgIpc) is 3.86. The van der Waals surface area contributed by atoms with E-state index in [0.29, 0.717) is 44.4 Å². The zero-order chi connectivity index (χ0) is 48.0. The van der Waals surface area contributed by atoms with E-state index in [1.807, 2.05) is 0 Å². The van der Waals surface area contributed by atoms with Crippen LogP contribution in [0.1, 0.15) is 272 Å². The summed E-state index contributed by atoms with van der Waals surface area (Å²) >= 11 is 0. The van der Waals surface area contributed by atoms with Crippen LogP contribution in [0.15, 0.2) is 0 Å². The highest BCUT2D eigenvalue weighted by Crippen LogP contribution is 2.25. The summed E-state index contributed by atoms with van der Waals surface area (Å²) < 4.78 is 11.6. The number of unbranched alkanes of at least 4 members (excludes halogenated alkanes) is 21. The molecule has 0 aliphatic heterocycles. The summed E-state index contributed by atoms with van der Waals surface area (Å²) in [7, 11) is 0. The molecule has 390 valence electrons. The lowest BCUT2D eigenvalue weighted by Crippen LogP contribution is -2.41. The van der Waals surface area contributed by atoms with E-state index in [4.69, 9.17) is 9.47 Å². The lowest BCUT2D eigenvalue weighted by molar-refractivity contribution is -0.149. The Morgan fingerprint density at radius 1 is 0.485 bits per heavy atom. The van der Waals surface area contributed by atoms with Crippen LogP contribution in [0.25, 0.3) is 0 Å². The van der Waals surface area contributed by atoms with Gasteiger partial charge in [0.15, 0.2) is 0 Å². The van der Waals surface area contributed by atoms with Crippen LogP contribution >= 0.6 is 0 Å². The quantitative estimate of drug-likeness (QED) is 0.0459. The maximum Gasteiger partial charge on any atom is 0.305 e. The molecule has 1 aliphatic rings. The highest BCUT2D eigenvalue weighted by Gasteiger charge is 2.23. The first-order valence-electron chi connectivity index (χ1n) is 29.0. The smallest absolute Gasteiger partial charge is 0.305 e. The fourth-order valence-corrected chi connectivity index (χ4v) is 9.82. The summed E-state index contributed by atoms with van der Waals surface area (Å²) in [6.07, 6.45) is 42.7. The average molecular weight is 935 g/mol. The largest absolute Gasteiger partial charge is 0.465 e. The minimum Gasteiger partial charge on any atom is -0.465 e. The van der Waals surface area contributed by atoms with Gasteiger partial charge in [-0.1, -0.05) is 169 Å². The fraction of sp³-hybridized carbons (Fsp3) is 0.947. The van der Waals surface area contributed by atoms with Gasteiger partial charge in [-0.3, -0.25) is 19.3 Å². The maximum atomic E-state index is 13.0. The first-order valence-corrected chi connectivity index (χ1v) is 29.0. The molecule has 9 heteroatoms. The Kier molecular flexibility index (Phi) is 44.4. The molecule has 0 aromatic rings. The number of aliphatic hydroxyl groups excluding tert-OH is 1. The standard InChI is InChI=1S/C57H111N3O6/c1-5-9-13-17-20-24-36-52(35-23-16-12-8-4)49-58-55(62)40-25-21-31-43-59(44-32-22-34-48-61)46-47-60(54-38-28-29-39-54)45-33-30-37-53(50-65-56(63)41-26-18-14-10-6-2)51-66-57(64)42-27-19-15-11-7-3/h52-54,61H,5-51H2,1-4H3,(H,58,62). The van der Waals surface area contributed by atoms with Crippen LogP contribution in [0, 0.1) is 11.8 Å². The number of ether oxygens (including phenoxy) is 2. The van der Waals surface area contributed by atoms with Gasteiger partial charge in [0.05, 0.1) is 13.2 Å². The Morgan fingerprint density at radius 2 is 0.909 bits per heavy atom. The van der Waals surface area contributed by atoms with Gasteiger partial charge in [-0.2, -0.15) is 0 Å². The van der Waals surface area contributed by atoms with E-state index >= 15 is 0 Å². The van der Waals surface area contributed by atoms with E-state index in [1.54, 1.807) is 0 Å². The predicted molar refractivity (Wildman–Crippen MR) is 279 cm³/mol. The van der Waals surface area contributed by atoms with Crippen molar-refractivity contribution < 1.29 is 29.0 Å². The molecule has 0 heterocycles. The Labute approximate surface area is 409 Å². The van der Waals surface area contributed by atoms with Crippen molar-refractivity contribution in [3.05, 3.63) is 0 Å². The normalized spacial score (nSPS) is 13.6. The minimum atomic E-state index is -0.122. The molecule has 1 unspecified atom stereocenters. The molecular weight excluding hydrogens is 823 g/mol. The zero-order valence-electron chi connectivity index (χ0n) is 44.3. The number of esters is 2. The number of carbonyl (C=O) groups excluding carboxylic acids is 3. The van der Waals surface area contributed by atoms with Crippen molar-refractivity contribution in [3.63, 3.8) is 0 Å². The van der Waals surface area contributed by atoms with Crippen molar-refractivity contribution in [3.8, 4) is 0 Å². The van der Waals surface area contributed by atoms with Gasteiger partial charge in [0.1, 0.15) is 0 Å². The number of amides is 1. The molecule has 0 saturated heterocycles. The second-order valence-corrected chi connectivity index (χ2v) is 20.5. The SMILES string of the molecule is CCCCCCCCC(CCCCCC)CNC(=O)CCCCCN(CCCCCO)CCN(CCCCC(COC(=O)CCCCCCC)COC(=O)CCCCCCC)C1CCCC1. The second-order valence-electron chi connectivity index (χ2n) is 20.5. The van der Waals surface area contributed by atoms with Crippen molar-refractivity contribution >= 4 is 17.8 Å². The molecule has 0 bridgehead atoms. The lowest BCUT2D eigenvalue weighted by atomic mass is 9.94. The Balaban J connectivity index is 2.67. The number of aliphatic hydroxyl groups is 1. The van der Waals surface area contributed by atoms with Crippen molar-refractivity contribution in [2.45, 2.75) is 278 Å². The van der Waals surface area contributed by atoms with E-state index in [1.165, 1.54) is 141 Å². The van der Waals surface area contributed by atoms with Gasteiger partial charge in [0.2, 0.25) is 5.91 Å². The van der Waals surface area contributed by atoms with Gasteiger partial charge in [-0.05, 0) is 109 Å². The van der Waals surface area contributed by atoms with Crippen LogP contribution < -0.4 is 5.32 Å². The Morgan fingerprint density at radius 3 is 1.45 bits per heavy atom. The summed E-state index contributed by atoms with van der Waals surface area (Å²) in [5.41, 5.74) is 0. The van der Waals surface area contributed by atoms with Crippen LogP contribution in [-0.2, 0) is 23.9 Å². The first kappa shape index (κ1) is 62.3. The molecule has 1 saturated carbocycles. The van der Waals surface area contributed by atoms with Crippen molar-refractivity contribution in [1.82, 2.24) is 15.1 Å². The monoisotopic (exact) mass is 934 g/mol. The van der Waals surface area contributed by atoms with Gasteiger partial charge in [0.25, 0.3) is 0 Å². The van der Waals surface area contributed by atoms with Gasteiger partial charge < -0.3 is 24.8 Å². The van der Waals surface area contributed by atoms with E-state index in [-0.39, 0.29) is 30.4 Å². The number of rotatable bonds is 50. The van der Waals surface area contributed by atoms with Gasteiger partial charge >= 0.3 is 11.9 Å². The third-order valence-corrected chi connectivity index (χ3v) is 14.3. The van der Waals surface area contributed by atoms with Crippen LogP contribution in [0.2, 0.25) is 0 Å². The number of carbonyl (C=O) groups is 3. The molecule has 0 spiro atoms. The Hall–Kier alpha value is -1.71. The van der Waals surface area contributed by atoms with E-state index in [9.17, 15) is 19.5 Å². The Bertz CT molecular complexity index is 1060. The topological polar surface area (TPSA) is 108 Å². The molecule has 66 heavy (non-hydrogen) atoms. The number of nitrogens with one attached hydrogen (secondary N) is 1. The van der Waals surface area contributed by atoms with E-state index in [0.717, 1.165) is 123 Å². The molecule has 1 amide bonds. The molecule has 1 aliphatic carbocycles. The molecule has 0 aromatic heterocycles. The zero-order valence-corrected chi connectivity index (χ0v) is 44.3. The summed E-state index contributed by atoms with van der Waals surface area (Å²) in [5, 5.41) is 12.8. The first-order chi connectivity index (χ1) is 32.4. The van der Waals surface area contributed by atoms with Gasteiger partial charge in [-0.15, -0.1) is 0 Å². The molecule has 2 N–H and O–H groups in total. The molecule has 0 aromatic carbocycles. The molecule has 1 fully saturated rings. The number of hydrogen-bond donors (Lipinski definition) is 2. The summed E-state index contributed by atoms with van der Waals surface area (Å²) in [6, 6.07) is 0.647. The summed E-state index contributed by atoms with van der Waals surface area (Å²) in [6.45, 7) is 16.1.